The zero-order valence-electron chi connectivity index (χ0n) is 15.6. The van der Waals surface area contributed by atoms with Gasteiger partial charge >= 0.3 is 0 Å². The maximum absolute atomic E-state index is 12.4. The van der Waals surface area contributed by atoms with Crippen molar-refractivity contribution in [3.05, 3.63) is 59.0 Å². The minimum atomic E-state index is -0.161. The molecule has 0 atom stereocenters. The van der Waals surface area contributed by atoms with Gasteiger partial charge in [0.05, 0.1) is 4.88 Å². The number of aryl methyl sites for hydroxylation is 2. The summed E-state index contributed by atoms with van der Waals surface area (Å²) in [6, 6.07) is 11.6. The first kappa shape index (κ1) is 18.4. The molecular weight excluding hydrogens is 374 g/mol. The number of fused-ring (bicyclic) bond motifs is 1. The Morgan fingerprint density at radius 1 is 1.14 bits per heavy atom. The Morgan fingerprint density at radius 2 is 2.04 bits per heavy atom. The van der Waals surface area contributed by atoms with Gasteiger partial charge in [-0.3, -0.25) is 4.79 Å². The third-order valence-electron chi connectivity index (χ3n) is 4.61. The van der Waals surface area contributed by atoms with E-state index in [0.29, 0.717) is 24.0 Å². The Balaban J connectivity index is 1.20. The molecule has 0 saturated heterocycles. The predicted octanol–water partition coefficient (Wildman–Crippen LogP) is 5.00. The van der Waals surface area contributed by atoms with Crippen LogP contribution in [0.1, 0.15) is 41.3 Å². The normalized spacial score (nSPS) is 11.2. The van der Waals surface area contributed by atoms with Gasteiger partial charge in [-0.1, -0.05) is 35.8 Å². The number of nitrogens with one attached hydrogen (secondary N) is 1. The number of hydrogen-bond acceptors (Lipinski definition) is 6. The number of furan rings is 1. The van der Waals surface area contributed by atoms with Crippen molar-refractivity contribution in [2.75, 3.05) is 6.54 Å². The van der Waals surface area contributed by atoms with Crippen LogP contribution in [0.3, 0.4) is 0 Å². The van der Waals surface area contributed by atoms with Crippen LogP contribution in [-0.2, 0) is 6.42 Å². The van der Waals surface area contributed by atoms with Gasteiger partial charge in [-0.15, -0.1) is 11.3 Å². The number of aromatic nitrogens is 2. The molecule has 0 aliphatic rings. The lowest BCUT2D eigenvalue weighted by Gasteiger charge is -2.03. The molecule has 144 valence electrons. The molecule has 0 fully saturated rings. The van der Waals surface area contributed by atoms with Crippen molar-refractivity contribution < 1.29 is 13.7 Å². The van der Waals surface area contributed by atoms with Crippen LogP contribution in [0.2, 0.25) is 0 Å². The molecule has 3 heterocycles. The smallest absolute Gasteiger partial charge is 0.287 e. The minimum Gasteiger partial charge on any atom is -0.451 e. The highest BCUT2D eigenvalue weighted by molar-refractivity contribution is 7.13. The second kappa shape index (κ2) is 8.39. The first-order valence-electron chi connectivity index (χ1n) is 9.35. The summed E-state index contributed by atoms with van der Waals surface area (Å²) in [6.07, 6.45) is 3.54. The summed E-state index contributed by atoms with van der Waals surface area (Å²) in [5.74, 6) is 1.54. The first-order valence-corrected chi connectivity index (χ1v) is 10.2. The van der Waals surface area contributed by atoms with Crippen molar-refractivity contribution in [2.45, 2.75) is 32.6 Å². The van der Waals surface area contributed by atoms with Crippen LogP contribution in [0.25, 0.3) is 21.7 Å². The Hall–Kier alpha value is -2.93. The summed E-state index contributed by atoms with van der Waals surface area (Å²) in [4.78, 5) is 17.8. The van der Waals surface area contributed by atoms with Gasteiger partial charge in [0.2, 0.25) is 11.7 Å². The lowest BCUT2D eigenvalue weighted by Crippen LogP contribution is -2.24. The molecule has 7 heteroatoms. The van der Waals surface area contributed by atoms with E-state index in [1.165, 1.54) is 0 Å². The number of carbonyl (C=O) groups excluding carboxylic acids is 1. The van der Waals surface area contributed by atoms with Gasteiger partial charge in [0, 0.05) is 23.9 Å². The van der Waals surface area contributed by atoms with E-state index in [2.05, 4.69) is 15.5 Å². The van der Waals surface area contributed by atoms with Gasteiger partial charge < -0.3 is 14.3 Å². The van der Waals surface area contributed by atoms with Crippen LogP contribution >= 0.6 is 11.3 Å². The van der Waals surface area contributed by atoms with E-state index < -0.39 is 0 Å². The van der Waals surface area contributed by atoms with Gasteiger partial charge in [-0.25, -0.2) is 0 Å². The van der Waals surface area contributed by atoms with Crippen LogP contribution in [0, 0.1) is 6.92 Å². The average molecular weight is 395 g/mol. The highest BCUT2D eigenvalue weighted by Gasteiger charge is 2.16. The summed E-state index contributed by atoms with van der Waals surface area (Å²) in [5, 5.41) is 9.93. The summed E-state index contributed by atoms with van der Waals surface area (Å²) < 4.78 is 11.0. The molecule has 0 saturated carbocycles. The maximum atomic E-state index is 12.4. The van der Waals surface area contributed by atoms with E-state index in [0.717, 1.165) is 47.1 Å². The summed E-state index contributed by atoms with van der Waals surface area (Å²) >= 11 is 1.59. The number of benzene rings is 1. The molecule has 4 aromatic rings. The zero-order chi connectivity index (χ0) is 19.3. The molecule has 6 nitrogen and oxygen atoms in total. The lowest BCUT2D eigenvalue weighted by molar-refractivity contribution is 0.0926. The first-order chi connectivity index (χ1) is 13.7. The second-order valence-corrected chi connectivity index (χ2v) is 7.56. The van der Waals surface area contributed by atoms with Gasteiger partial charge in [0.1, 0.15) is 5.58 Å². The maximum Gasteiger partial charge on any atom is 0.287 e. The number of para-hydroxylation sites is 1. The topological polar surface area (TPSA) is 81.2 Å². The molecule has 4 rings (SSSR count). The lowest BCUT2D eigenvalue weighted by atomic mass is 10.1. The SMILES string of the molecule is Cc1c(C(=O)NCCCCCc2nc(-c3cccs3)no2)oc2ccccc12. The Morgan fingerprint density at radius 3 is 2.86 bits per heavy atom. The van der Waals surface area contributed by atoms with Crippen molar-refractivity contribution in [1.29, 1.82) is 0 Å². The van der Waals surface area contributed by atoms with E-state index in [1.807, 2.05) is 48.7 Å². The van der Waals surface area contributed by atoms with E-state index >= 15 is 0 Å². The van der Waals surface area contributed by atoms with Crippen LogP contribution < -0.4 is 5.32 Å². The highest BCUT2D eigenvalue weighted by Crippen LogP contribution is 2.25. The average Bonchev–Trinajstić information content (AvgIpc) is 3.45. The second-order valence-electron chi connectivity index (χ2n) is 6.61. The molecule has 0 aliphatic carbocycles. The molecule has 28 heavy (non-hydrogen) atoms. The predicted molar refractivity (Wildman–Crippen MR) is 108 cm³/mol. The van der Waals surface area contributed by atoms with E-state index in [-0.39, 0.29) is 5.91 Å². The van der Waals surface area contributed by atoms with Crippen LogP contribution in [-0.4, -0.2) is 22.6 Å². The third kappa shape index (κ3) is 3.99. The Kier molecular flexibility index (Phi) is 5.53. The van der Waals surface area contributed by atoms with E-state index in [9.17, 15) is 4.79 Å². The largest absolute Gasteiger partial charge is 0.451 e. The number of rotatable bonds is 8. The van der Waals surface area contributed by atoms with Gasteiger partial charge in [-0.05, 0) is 37.3 Å². The molecule has 0 radical (unpaired) electrons. The van der Waals surface area contributed by atoms with Crippen molar-refractivity contribution in [3.8, 4) is 10.7 Å². The monoisotopic (exact) mass is 395 g/mol. The quantitative estimate of drug-likeness (QED) is 0.425. The van der Waals surface area contributed by atoms with Crippen LogP contribution in [0.5, 0.6) is 0 Å². The zero-order valence-corrected chi connectivity index (χ0v) is 16.4. The van der Waals surface area contributed by atoms with Gasteiger partial charge in [0.15, 0.2) is 5.76 Å². The van der Waals surface area contributed by atoms with Crippen LogP contribution in [0.4, 0.5) is 0 Å². The Labute approximate surface area is 166 Å². The number of unbranched alkanes of at least 4 members (excludes halogenated alkanes) is 2. The summed E-state index contributed by atoms with van der Waals surface area (Å²) in [6.45, 7) is 2.52. The number of amides is 1. The fraction of sp³-hybridized carbons (Fsp3) is 0.286. The van der Waals surface area contributed by atoms with Crippen molar-refractivity contribution in [3.63, 3.8) is 0 Å². The van der Waals surface area contributed by atoms with Crippen molar-refractivity contribution in [1.82, 2.24) is 15.5 Å². The molecule has 0 unspecified atom stereocenters. The molecule has 0 bridgehead atoms. The molecule has 1 N–H and O–H groups in total. The van der Waals surface area contributed by atoms with Crippen LogP contribution in [0.15, 0.2) is 50.7 Å². The molecule has 0 aliphatic heterocycles. The Bertz CT molecular complexity index is 1070. The highest BCUT2D eigenvalue weighted by atomic mass is 32.1. The fourth-order valence-corrected chi connectivity index (χ4v) is 3.76. The van der Waals surface area contributed by atoms with Crippen molar-refractivity contribution >= 4 is 28.2 Å². The molecule has 1 aromatic carbocycles. The molecule has 1 amide bonds. The summed E-state index contributed by atoms with van der Waals surface area (Å²) in [5.41, 5.74) is 1.62. The number of nitrogens with zero attached hydrogens (tertiary/aromatic N) is 2. The van der Waals surface area contributed by atoms with E-state index in [1.54, 1.807) is 11.3 Å². The molecule has 0 spiro atoms. The number of carbonyl (C=O) groups is 1. The number of hydrogen-bond donors (Lipinski definition) is 1. The van der Waals surface area contributed by atoms with E-state index in [4.69, 9.17) is 8.94 Å². The third-order valence-corrected chi connectivity index (χ3v) is 5.48. The fourth-order valence-electron chi connectivity index (χ4n) is 3.11. The van der Waals surface area contributed by atoms with Gasteiger partial charge in [-0.2, -0.15) is 4.98 Å². The summed E-state index contributed by atoms with van der Waals surface area (Å²) in [7, 11) is 0. The minimum absolute atomic E-state index is 0.161. The number of thiophene rings is 1. The molecular formula is C21H21N3O3S. The molecule has 3 aromatic heterocycles. The standard InChI is InChI=1S/C21H21N3O3S/c1-14-15-8-4-5-9-16(15)26-19(14)21(25)22-12-6-2-3-11-18-23-20(24-27-18)17-10-7-13-28-17/h4-5,7-10,13H,2-3,6,11-12H2,1H3,(H,22,25). The van der Waals surface area contributed by atoms with Crippen molar-refractivity contribution in [2.24, 2.45) is 0 Å². The van der Waals surface area contributed by atoms with Gasteiger partial charge in [0.25, 0.3) is 5.91 Å².